The average molecular weight is 437 g/mol. The maximum Gasteiger partial charge on any atom is 0.409 e. The second kappa shape index (κ2) is 10.9. The smallest absolute Gasteiger partial charge is 0.409 e. The van der Waals surface area contributed by atoms with Crippen molar-refractivity contribution in [1.29, 1.82) is 0 Å². The second-order valence-corrected chi connectivity index (χ2v) is 8.31. The number of halogens is 1. The molecule has 0 bridgehead atoms. The number of hydrogen-bond donors (Lipinski definition) is 2. The van der Waals surface area contributed by atoms with E-state index in [9.17, 15) is 4.79 Å². The van der Waals surface area contributed by atoms with Crippen molar-refractivity contribution >= 4 is 23.7 Å². The minimum Gasteiger partial charge on any atom is -0.450 e. The Morgan fingerprint density at radius 1 is 1.30 bits per heavy atom. The highest BCUT2D eigenvalue weighted by atomic mass is 35.5. The van der Waals surface area contributed by atoms with Gasteiger partial charge in [-0.3, -0.25) is 4.99 Å². The van der Waals surface area contributed by atoms with Gasteiger partial charge in [-0.15, -0.1) is 0 Å². The molecule has 8 heteroatoms. The van der Waals surface area contributed by atoms with Crippen molar-refractivity contribution in [1.82, 2.24) is 15.5 Å². The van der Waals surface area contributed by atoms with Crippen molar-refractivity contribution in [2.24, 2.45) is 4.99 Å². The molecule has 2 aliphatic heterocycles. The molecular weight excluding hydrogens is 404 g/mol. The second-order valence-electron chi connectivity index (χ2n) is 7.90. The highest BCUT2D eigenvalue weighted by molar-refractivity contribution is 6.31. The maximum atomic E-state index is 11.9. The zero-order valence-corrected chi connectivity index (χ0v) is 18.7. The van der Waals surface area contributed by atoms with E-state index >= 15 is 0 Å². The van der Waals surface area contributed by atoms with Gasteiger partial charge in [0.15, 0.2) is 5.96 Å². The number of ether oxygens (including phenoxy) is 2. The highest BCUT2D eigenvalue weighted by Crippen LogP contribution is 2.38. The van der Waals surface area contributed by atoms with Crippen LogP contribution in [-0.4, -0.2) is 69.5 Å². The van der Waals surface area contributed by atoms with Crippen LogP contribution in [0.15, 0.2) is 29.3 Å². The van der Waals surface area contributed by atoms with Crippen LogP contribution in [0.1, 0.15) is 38.2 Å². The molecule has 3 rings (SSSR count). The number of carbonyl (C=O) groups is 1. The summed E-state index contributed by atoms with van der Waals surface area (Å²) in [4.78, 5) is 18.1. The number of nitrogens with one attached hydrogen (secondary N) is 2. The van der Waals surface area contributed by atoms with Gasteiger partial charge in [0.1, 0.15) is 0 Å². The lowest BCUT2D eigenvalue weighted by Gasteiger charge is -2.39. The molecule has 0 spiro atoms. The van der Waals surface area contributed by atoms with Crippen molar-refractivity contribution < 1.29 is 14.3 Å². The molecular formula is C22H33ClN4O3. The van der Waals surface area contributed by atoms with E-state index in [1.165, 1.54) is 5.56 Å². The number of benzene rings is 1. The molecule has 1 aromatic carbocycles. The SMILES string of the molecule is CCOC(=O)N1CCC(NC(=NC)NCC2(c3ccccc3Cl)CCOCC2)CC1. The van der Waals surface area contributed by atoms with Crippen molar-refractivity contribution in [3.05, 3.63) is 34.9 Å². The van der Waals surface area contributed by atoms with Crippen LogP contribution in [0.25, 0.3) is 0 Å². The Bertz CT molecular complexity index is 729. The van der Waals surface area contributed by atoms with Gasteiger partial charge < -0.3 is 25.0 Å². The van der Waals surface area contributed by atoms with Gasteiger partial charge in [-0.1, -0.05) is 29.8 Å². The molecule has 2 saturated heterocycles. The largest absolute Gasteiger partial charge is 0.450 e. The molecule has 0 saturated carbocycles. The zero-order chi connectivity index (χ0) is 21.4. The number of rotatable bonds is 5. The molecule has 0 atom stereocenters. The Labute approximate surface area is 184 Å². The summed E-state index contributed by atoms with van der Waals surface area (Å²) in [6.07, 6.45) is 3.34. The van der Waals surface area contributed by atoms with Crippen LogP contribution >= 0.6 is 11.6 Å². The number of amides is 1. The number of guanidine groups is 1. The van der Waals surface area contributed by atoms with Crippen molar-refractivity contribution in [3.63, 3.8) is 0 Å². The molecule has 0 unspecified atom stereocenters. The lowest BCUT2D eigenvalue weighted by Crippen LogP contribution is -2.52. The Morgan fingerprint density at radius 3 is 2.63 bits per heavy atom. The van der Waals surface area contributed by atoms with Gasteiger partial charge in [0, 0.05) is 56.4 Å². The van der Waals surface area contributed by atoms with Crippen LogP contribution in [0.5, 0.6) is 0 Å². The van der Waals surface area contributed by atoms with Gasteiger partial charge in [-0.2, -0.15) is 0 Å². The molecule has 2 fully saturated rings. The Kier molecular flexibility index (Phi) is 8.22. The first-order chi connectivity index (χ1) is 14.6. The van der Waals surface area contributed by atoms with Crippen LogP contribution in [0.2, 0.25) is 5.02 Å². The van der Waals surface area contributed by atoms with Crippen molar-refractivity contribution in [2.75, 3.05) is 46.5 Å². The van der Waals surface area contributed by atoms with Crippen LogP contribution in [0.4, 0.5) is 4.79 Å². The molecule has 0 radical (unpaired) electrons. The van der Waals surface area contributed by atoms with E-state index in [4.69, 9.17) is 21.1 Å². The van der Waals surface area contributed by atoms with E-state index in [0.717, 1.165) is 56.4 Å². The van der Waals surface area contributed by atoms with Crippen molar-refractivity contribution in [2.45, 2.75) is 44.1 Å². The normalized spacial score (nSPS) is 20.0. The van der Waals surface area contributed by atoms with E-state index in [0.29, 0.717) is 19.7 Å². The molecule has 30 heavy (non-hydrogen) atoms. The van der Waals surface area contributed by atoms with Gasteiger partial charge in [0.05, 0.1) is 6.61 Å². The molecule has 0 aliphatic carbocycles. The van der Waals surface area contributed by atoms with Crippen LogP contribution in [-0.2, 0) is 14.9 Å². The van der Waals surface area contributed by atoms with Gasteiger partial charge in [-0.25, -0.2) is 4.79 Å². The van der Waals surface area contributed by atoms with Crippen LogP contribution < -0.4 is 10.6 Å². The summed E-state index contributed by atoms with van der Waals surface area (Å²) in [5.41, 5.74) is 1.09. The quantitative estimate of drug-likeness (QED) is 0.547. The molecule has 2 heterocycles. The lowest BCUT2D eigenvalue weighted by atomic mass is 9.74. The van der Waals surface area contributed by atoms with E-state index in [1.807, 2.05) is 25.1 Å². The zero-order valence-electron chi connectivity index (χ0n) is 18.0. The summed E-state index contributed by atoms with van der Waals surface area (Å²) < 4.78 is 10.7. The third kappa shape index (κ3) is 5.58. The first-order valence-electron chi connectivity index (χ1n) is 10.8. The first-order valence-corrected chi connectivity index (χ1v) is 11.2. The Morgan fingerprint density at radius 2 is 2.00 bits per heavy atom. The third-order valence-corrected chi connectivity index (χ3v) is 6.40. The number of hydrogen-bond acceptors (Lipinski definition) is 4. The first kappa shape index (κ1) is 22.7. The minimum absolute atomic E-state index is 0.0819. The topological polar surface area (TPSA) is 75.2 Å². The molecule has 2 N–H and O–H groups in total. The van der Waals surface area contributed by atoms with Crippen molar-refractivity contribution in [3.8, 4) is 0 Å². The van der Waals surface area contributed by atoms with Gasteiger partial charge in [-0.05, 0) is 44.2 Å². The van der Waals surface area contributed by atoms with Crippen LogP contribution in [0, 0.1) is 0 Å². The average Bonchev–Trinajstić information content (AvgIpc) is 2.78. The Hall–Kier alpha value is -1.99. The number of carbonyl (C=O) groups excluding carboxylic acids is 1. The predicted octanol–water partition coefficient (Wildman–Crippen LogP) is 3.17. The van der Waals surface area contributed by atoms with Gasteiger partial charge in [0.2, 0.25) is 0 Å². The summed E-state index contributed by atoms with van der Waals surface area (Å²) >= 11 is 6.56. The van der Waals surface area contributed by atoms with Gasteiger partial charge in [0.25, 0.3) is 0 Å². The van der Waals surface area contributed by atoms with E-state index in [1.54, 1.807) is 11.9 Å². The molecule has 166 valence electrons. The summed E-state index contributed by atoms with van der Waals surface area (Å²) in [6, 6.07) is 8.36. The third-order valence-electron chi connectivity index (χ3n) is 6.07. The lowest BCUT2D eigenvalue weighted by molar-refractivity contribution is 0.0513. The van der Waals surface area contributed by atoms with Crippen LogP contribution in [0.3, 0.4) is 0 Å². The summed E-state index contributed by atoms with van der Waals surface area (Å²) in [7, 11) is 1.79. The fraction of sp³-hybridized carbons (Fsp3) is 0.636. The Balaban J connectivity index is 1.58. The highest BCUT2D eigenvalue weighted by Gasteiger charge is 2.36. The maximum absolute atomic E-state index is 11.9. The molecule has 1 aromatic rings. The molecule has 2 aliphatic rings. The number of likely N-dealkylation sites (tertiary alicyclic amines) is 1. The molecule has 7 nitrogen and oxygen atoms in total. The fourth-order valence-electron chi connectivity index (χ4n) is 4.26. The fourth-order valence-corrected chi connectivity index (χ4v) is 4.59. The van der Waals surface area contributed by atoms with E-state index in [2.05, 4.69) is 21.7 Å². The number of piperidine rings is 1. The monoisotopic (exact) mass is 436 g/mol. The standard InChI is InChI=1S/C22H33ClN4O3/c1-3-30-21(28)27-12-8-17(9-13-27)26-20(24-2)25-16-22(10-14-29-15-11-22)18-6-4-5-7-19(18)23/h4-7,17H,3,8-16H2,1-2H3,(H2,24,25,26). The molecule has 0 aromatic heterocycles. The number of nitrogens with zero attached hydrogens (tertiary/aromatic N) is 2. The molecule has 1 amide bonds. The minimum atomic E-state index is -0.223. The van der Waals surface area contributed by atoms with E-state index in [-0.39, 0.29) is 17.6 Å². The summed E-state index contributed by atoms with van der Waals surface area (Å²) in [5, 5.41) is 7.84. The predicted molar refractivity (Wildman–Crippen MR) is 119 cm³/mol. The number of aliphatic imine (C=N–C) groups is 1. The summed E-state index contributed by atoms with van der Waals surface area (Å²) in [5.74, 6) is 0.780. The van der Waals surface area contributed by atoms with E-state index < -0.39 is 0 Å². The van der Waals surface area contributed by atoms with Gasteiger partial charge >= 0.3 is 6.09 Å². The summed E-state index contributed by atoms with van der Waals surface area (Å²) in [6.45, 7) is 5.81.